The van der Waals surface area contributed by atoms with E-state index in [9.17, 15) is 20.0 Å². The lowest BCUT2D eigenvalue weighted by Gasteiger charge is -2.22. The maximum atomic E-state index is 12.0. The molecule has 0 aliphatic carbocycles. The van der Waals surface area contributed by atoms with Crippen molar-refractivity contribution >= 4 is 17.1 Å². The summed E-state index contributed by atoms with van der Waals surface area (Å²) in [5.74, 6) is -1.38. The third-order valence-electron chi connectivity index (χ3n) is 3.61. The summed E-state index contributed by atoms with van der Waals surface area (Å²) in [5, 5.41) is 23.6. The minimum Gasteiger partial charge on any atom is -0.512 e. The van der Waals surface area contributed by atoms with Gasteiger partial charge in [-0.1, -0.05) is 36.4 Å². The Hall–Kier alpha value is -2.47. The first-order valence-electron chi connectivity index (χ1n) is 7.06. The molecule has 0 saturated heterocycles. The van der Waals surface area contributed by atoms with Crippen LogP contribution >= 0.6 is 11.3 Å². The Morgan fingerprint density at radius 2 is 1.83 bits per heavy atom. The lowest BCUT2D eigenvalue weighted by atomic mass is 9.83. The number of aliphatic hydroxyl groups is 1. The Morgan fingerprint density at radius 3 is 2.26 bits per heavy atom. The molecule has 0 unspecified atom stereocenters. The first-order valence-corrected chi connectivity index (χ1v) is 7.94. The highest BCUT2D eigenvalue weighted by Crippen LogP contribution is 2.42. The van der Waals surface area contributed by atoms with E-state index in [0.29, 0.717) is 10.4 Å². The van der Waals surface area contributed by atoms with E-state index < -0.39 is 16.9 Å². The van der Waals surface area contributed by atoms with Crippen LogP contribution in [0.15, 0.2) is 59.2 Å². The van der Waals surface area contributed by atoms with Gasteiger partial charge in [-0.05, 0) is 25.3 Å². The quantitative estimate of drug-likeness (QED) is 0.371. The number of hydrogen-bond acceptors (Lipinski definition) is 5. The first-order chi connectivity index (χ1) is 10.9. The maximum absolute atomic E-state index is 12.0. The zero-order chi connectivity index (χ0) is 17.0. The molecule has 0 aliphatic rings. The van der Waals surface area contributed by atoms with Gasteiger partial charge in [0.05, 0.1) is 11.7 Å². The normalized spacial score (nSPS) is 14.7. The molecule has 2 rings (SSSR count). The summed E-state index contributed by atoms with van der Waals surface area (Å²) in [7, 11) is 0. The van der Waals surface area contributed by atoms with E-state index in [4.69, 9.17) is 0 Å². The van der Waals surface area contributed by atoms with E-state index in [1.54, 1.807) is 47.8 Å². The monoisotopic (exact) mass is 331 g/mol. The molecule has 0 saturated carbocycles. The average Bonchev–Trinajstić information content (AvgIpc) is 3.00. The summed E-state index contributed by atoms with van der Waals surface area (Å²) in [4.78, 5) is 24.1. The second-order valence-electron chi connectivity index (χ2n) is 5.19. The number of ketones is 1. The maximum Gasteiger partial charge on any atom is 0.249 e. The Morgan fingerprint density at radius 1 is 1.17 bits per heavy atom. The lowest BCUT2D eigenvalue weighted by Crippen LogP contribution is -2.24. The van der Waals surface area contributed by atoms with Crippen LogP contribution in [-0.2, 0) is 4.79 Å². The van der Waals surface area contributed by atoms with Crippen molar-refractivity contribution in [3.05, 3.63) is 79.7 Å². The van der Waals surface area contributed by atoms with Crippen LogP contribution in [-0.4, -0.2) is 15.8 Å². The largest absolute Gasteiger partial charge is 0.512 e. The predicted molar refractivity (Wildman–Crippen MR) is 89.2 cm³/mol. The predicted octanol–water partition coefficient (Wildman–Crippen LogP) is 4.27. The molecule has 1 aromatic carbocycles. The van der Waals surface area contributed by atoms with Crippen molar-refractivity contribution < 1.29 is 14.8 Å². The van der Waals surface area contributed by atoms with E-state index >= 15 is 0 Å². The van der Waals surface area contributed by atoms with Gasteiger partial charge in [0.25, 0.3) is 0 Å². The number of thiophene rings is 1. The topological polar surface area (TPSA) is 80.4 Å². The van der Waals surface area contributed by atoms with Crippen LogP contribution in [0.1, 0.15) is 36.2 Å². The number of Topliss-reactive ketones (excluding diaryl/α,β-unsaturated/α-hetero) is 1. The van der Waals surface area contributed by atoms with Gasteiger partial charge in [0.15, 0.2) is 5.78 Å². The molecule has 0 bridgehead atoms. The fourth-order valence-corrected chi connectivity index (χ4v) is 3.57. The molecule has 2 atom stereocenters. The minimum atomic E-state index is -1.14. The number of hydrogen-bond donors (Lipinski definition) is 1. The summed E-state index contributed by atoms with van der Waals surface area (Å²) < 4.78 is 0. The average molecular weight is 331 g/mol. The highest BCUT2D eigenvalue weighted by atomic mass is 32.1. The van der Waals surface area contributed by atoms with Crippen LogP contribution in [0.2, 0.25) is 0 Å². The Balaban J connectivity index is 2.67. The van der Waals surface area contributed by atoms with Crippen molar-refractivity contribution in [2.45, 2.75) is 25.8 Å². The molecule has 0 aliphatic heterocycles. The Labute approximate surface area is 138 Å². The third-order valence-corrected chi connectivity index (χ3v) is 4.57. The molecule has 0 fully saturated rings. The smallest absolute Gasteiger partial charge is 0.249 e. The molecule has 0 radical (unpaired) electrons. The van der Waals surface area contributed by atoms with Crippen LogP contribution in [0.5, 0.6) is 0 Å². The molecule has 5 nitrogen and oxygen atoms in total. The fraction of sp³-hybridized carbons (Fsp3) is 0.235. The number of carbonyl (C=O) groups excluding carboxylic acids is 1. The minimum absolute atomic E-state index is 0.0815. The number of benzene rings is 1. The number of aliphatic hydroxyl groups excluding tert-OH is 1. The van der Waals surface area contributed by atoms with Crippen LogP contribution in [0.4, 0.5) is 0 Å². The summed E-state index contributed by atoms with van der Waals surface area (Å²) in [6.07, 6.45) is 0. The van der Waals surface area contributed by atoms with Gasteiger partial charge in [-0.2, -0.15) is 0 Å². The molecule has 23 heavy (non-hydrogen) atoms. The first kappa shape index (κ1) is 16.9. The summed E-state index contributed by atoms with van der Waals surface area (Å²) in [6, 6.07) is 10.9. The van der Waals surface area contributed by atoms with Gasteiger partial charge in [0, 0.05) is 20.9 Å². The number of rotatable bonds is 6. The number of allylic oxidation sites excluding steroid dienone is 1. The van der Waals surface area contributed by atoms with E-state index in [0.717, 1.165) is 0 Å². The van der Waals surface area contributed by atoms with Crippen molar-refractivity contribution in [1.29, 1.82) is 0 Å². The summed E-state index contributed by atoms with van der Waals surface area (Å²) in [6.45, 7) is 2.71. The number of carbonyl (C=O) groups is 1. The molecule has 6 heteroatoms. The molecule has 2 aromatic rings. The van der Waals surface area contributed by atoms with Crippen molar-refractivity contribution in [3.8, 4) is 0 Å². The number of nitrogens with zero attached hydrogens (tertiary/aromatic N) is 1. The van der Waals surface area contributed by atoms with Gasteiger partial charge in [-0.25, -0.2) is 0 Å². The van der Waals surface area contributed by atoms with Gasteiger partial charge < -0.3 is 5.11 Å². The van der Waals surface area contributed by atoms with E-state index in [-0.39, 0.29) is 17.1 Å². The van der Waals surface area contributed by atoms with Crippen molar-refractivity contribution in [3.63, 3.8) is 0 Å². The zero-order valence-corrected chi connectivity index (χ0v) is 13.6. The highest BCUT2D eigenvalue weighted by Gasteiger charge is 2.40. The van der Waals surface area contributed by atoms with Crippen LogP contribution < -0.4 is 0 Å². The summed E-state index contributed by atoms with van der Waals surface area (Å²) in [5.41, 5.74) is 0.578. The third kappa shape index (κ3) is 3.65. The fourth-order valence-electron chi connectivity index (χ4n) is 2.71. The Bertz CT molecular complexity index is 718. The molecule has 1 aromatic heterocycles. The molecule has 1 heterocycles. The van der Waals surface area contributed by atoms with Crippen molar-refractivity contribution in [1.82, 2.24) is 0 Å². The van der Waals surface area contributed by atoms with Gasteiger partial charge in [-0.3, -0.25) is 14.9 Å². The molecular formula is C17H17NO4S. The van der Waals surface area contributed by atoms with Gasteiger partial charge in [-0.15, -0.1) is 11.3 Å². The molecule has 0 amide bonds. The second-order valence-corrected chi connectivity index (χ2v) is 6.17. The Kier molecular flexibility index (Phi) is 5.28. The zero-order valence-electron chi connectivity index (χ0n) is 12.8. The van der Waals surface area contributed by atoms with Gasteiger partial charge in [0.1, 0.15) is 0 Å². The molecule has 0 spiro atoms. The van der Waals surface area contributed by atoms with Gasteiger partial charge in [0.2, 0.25) is 6.04 Å². The SMILES string of the molecule is CC(=O)/C(=C(\C)O)[C@H](c1cccs1)[C@H](c1ccccc1)[N+](=O)[O-]. The van der Waals surface area contributed by atoms with E-state index in [2.05, 4.69) is 0 Å². The van der Waals surface area contributed by atoms with Crippen LogP contribution in [0, 0.1) is 10.1 Å². The molecular weight excluding hydrogens is 314 g/mol. The van der Waals surface area contributed by atoms with Crippen LogP contribution in [0.25, 0.3) is 0 Å². The van der Waals surface area contributed by atoms with Crippen LogP contribution in [0.3, 0.4) is 0 Å². The highest BCUT2D eigenvalue weighted by molar-refractivity contribution is 7.10. The number of nitro groups is 1. The van der Waals surface area contributed by atoms with Crippen molar-refractivity contribution in [2.75, 3.05) is 0 Å². The van der Waals surface area contributed by atoms with E-state index in [1.807, 2.05) is 0 Å². The van der Waals surface area contributed by atoms with E-state index in [1.165, 1.54) is 25.2 Å². The second kappa shape index (κ2) is 7.19. The standard InChI is InChI=1S/C17H17NO4S/c1-11(19)15(12(2)20)16(14-9-6-10-23-14)17(18(21)22)13-7-4-3-5-8-13/h3-10,16-17,19H,1-2H3/b15-11-/t16-,17-/m0/s1. The summed E-state index contributed by atoms with van der Waals surface area (Å²) >= 11 is 1.33. The van der Waals surface area contributed by atoms with Gasteiger partial charge >= 0.3 is 0 Å². The lowest BCUT2D eigenvalue weighted by molar-refractivity contribution is -0.531. The molecule has 120 valence electrons. The molecule has 1 N–H and O–H groups in total. The van der Waals surface area contributed by atoms with Crippen molar-refractivity contribution in [2.24, 2.45) is 0 Å².